The molecule has 0 saturated carbocycles. The number of anilines is 1. The second-order valence-corrected chi connectivity index (χ2v) is 6.10. The Morgan fingerprint density at radius 3 is 2.73 bits per heavy atom. The van der Waals surface area contributed by atoms with E-state index >= 15 is 0 Å². The van der Waals surface area contributed by atoms with Gasteiger partial charge < -0.3 is 9.88 Å². The number of hydrogen-bond donors (Lipinski definition) is 1. The summed E-state index contributed by atoms with van der Waals surface area (Å²) in [5.74, 6) is -0.155. The van der Waals surface area contributed by atoms with Crippen molar-refractivity contribution in [3.8, 4) is 5.13 Å². The molecule has 0 aliphatic heterocycles. The summed E-state index contributed by atoms with van der Waals surface area (Å²) in [6.07, 6.45) is 4.65. The summed E-state index contributed by atoms with van der Waals surface area (Å²) in [5.41, 5.74) is 2.42. The van der Waals surface area contributed by atoms with Gasteiger partial charge in [0.05, 0.1) is 0 Å². The van der Waals surface area contributed by atoms with Crippen LogP contribution in [0.25, 0.3) is 5.13 Å². The number of nitrogens with one attached hydrogen (secondary N) is 1. The van der Waals surface area contributed by atoms with Gasteiger partial charge in [-0.3, -0.25) is 4.79 Å². The maximum atomic E-state index is 12.5. The topological polar surface area (TPSA) is 46.9 Å². The van der Waals surface area contributed by atoms with Gasteiger partial charge in [-0.05, 0) is 43.2 Å². The number of aromatic nitrogens is 2. The lowest BCUT2D eigenvalue weighted by molar-refractivity contribution is 0.102. The molecule has 0 spiro atoms. The summed E-state index contributed by atoms with van der Waals surface area (Å²) < 4.78 is 1.92. The van der Waals surface area contributed by atoms with E-state index in [0.29, 0.717) is 5.69 Å². The van der Waals surface area contributed by atoms with Gasteiger partial charge in [0.2, 0.25) is 0 Å². The minimum absolute atomic E-state index is 0.155. The molecule has 0 aliphatic rings. The molecule has 0 atom stereocenters. The van der Waals surface area contributed by atoms with Gasteiger partial charge in [0.25, 0.3) is 5.91 Å². The first-order valence-electron chi connectivity index (χ1n) is 7.18. The molecule has 1 amide bonds. The molecule has 4 nitrogen and oxygen atoms in total. The summed E-state index contributed by atoms with van der Waals surface area (Å²) >= 11 is 1.55. The highest BCUT2D eigenvalue weighted by Crippen LogP contribution is 2.24. The number of nitrogens with zero attached hydrogens (tertiary/aromatic N) is 2. The Hall–Kier alpha value is -2.40. The molecule has 1 aromatic carbocycles. The molecule has 0 saturated heterocycles. The van der Waals surface area contributed by atoms with Crippen molar-refractivity contribution in [1.82, 2.24) is 9.55 Å². The first kappa shape index (κ1) is 14.5. The van der Waals surface area contributed by atoms with Crippen LogP contribution in [0, 0.1) is 6.92 Å². The highest BCUT2D eigenvalue weighted by Gasteiger charge is 2.18. The molecule has 3 rings (SSSR count). The van der Waals surface area contributed by atoms with Crippen LogP contribution < -0.4 is 5.32 Å². The quantitative estimate of drug-likeness (QED) is 0.790. The van der Waals surface area contributed by atoms with E-state index in [1.54, 1.807) is 11.3 Å². The fourth-order valence-electron chi connectivity index (χ4n) is 2.24. The third-order valence-electron chi connectivity index (χ3n) is 3.32. The number of carbonyl (C=O) groups excluding carboxylic acids is 1. The SMILES string of the molecule is CCc1sc(-n2cccc2)nc1C(=O)Nc1cccc(C)c1. The number of hydrogen-bond acceptors (Lipinski definition) is 3. The van der Waals surface area contributed by atoms with Gasteiger partial charge in [0, 0.05) is 23.0 Å². The first-order chi connectivity index (χ1) is 10.7. The lowest BCUT2D eigenvalue weighted by Crippen LogP contribution is -2.14. The maximum absolute atomic E-state index is 12.5. The molecule has 0 aliphatic carbocycles. The van der Waals surface area contributed by atoms with Crippen molar-refractivity contribution >= 4 is 22.9 Å². The minimum Gasteiger partial charge on any atom is -0.321 e. The molecular formula is C17H17N3OS. The van der Waals surface area contributed by atoms with Crippen LogP contribution in [0.4, 0.5) is 5.69 Å². The van der Waals surface area contributed by atoms with Gasteiger partial charge in [-0.15, -0.1) is 11.3 Å². The van der Waals surface area contributed by atoms with E-state index in [2.05, 4.69) is 10.3 Å². The highest BCUT2D eigenvalue weighted by atomic mass is 32.1. The lowest BCUT2D eigenvalue weighted by Gasteiger charge is -2.05. The smallest absolute Gasteiger partial charge is 0.275 e. The summed E-state index contributed by atoms with van der Waals surface area (Å²) in [4.78, 5) is 18.0. The van der Waals surface area contributed by atoms with Crippen molar-refractivity contribution in [2.75, 3.05) is 5.32 Å². The number of thiazole rings is 1. The second kappa shape index (κ2) is 6.15. The lowest BCUT2D eigenvalue weighted by atomic mass is 10.2. The Balaban J connectivity index is 1.88. The van der Waals surface area contributed by atoms with Gasteiger partial charge in [-0.1, -0.05) is 19.1 Å². The summed E-state index contributed by atoms with van der Waals surface area (Å²) in [6.45, 7) is 4.04. The van der Waals surface area contributed by atoms with Crippen molar-refractivity contribution in [2.45, 2.75) is 20.3 Å². The van der Waals surface area contributed by atoms with E-state index in [1.807, 2.05) is 67.2 Å². The summed E-state index contributed by atoms with van der Waals surface area (Å²) in [7, 11) is 0. The van der Waals surface area contributed by atoms with E-state index < -0.39 is 0 Å². The summed E-state index contributed by atoms with van der Waals surface area (Å²) in [5, 5.41) is 3.74. The number of carbonyl (C=O) groups is 1. The number of aryl methyl sites for hydroxylation is 2. The predicted molar refractivity (Wildman–Crippen MR) is 90.0 cm³/mol. The van der Waals surface area contributed by atoms with Crippen LogP contribution in [0.2, 0.25) is 0 Å². The molecule has 0 unspecified atom stereocenters. The number of benzene rings is 1. The van der Waals surface area contributed by atoms with Crippen LogP contribution in [0.15, 0.2) is 48.8 Å². The molecule has 2 heterocycles. The average Bonchev–Trinajstić information content (AvgIpc) is 3.16. The van der Waals surface area contributed by atoms with Crippen LogP contribution in [-0.4, -0.2) is 15.5 Å². The van der Waals surface area contributed by atoms with Crippen LogP contribution in [0.5, 0.6) is 0 Å². The number of amides is 1. The summed E-state index contributed by atoms with van der Waals surface area (Å²) in [6, 6.07) is 11.6. The van der Waals surface area contributed by atoms with Crippen LogP contribution >= 0.6 is 11.3 Å². The molecule has 0 radical (unpaired) electrons. The van der Waals surface area contributed by atoms with Crippen molar-refractivity contribution in [1.29, 1.82) is 0 Å². The average molecular weight is 311 g/mol. The van der Waals surface area contributed by atoms with E-state index in [1.165, 1.54) is 0 Å². The molecule has 3 aromatic rings. The molecular weight excluding hydrogens is 294 g/mol. The fraction of sp³-hybridized carbons (Fsp3) is 0.176. The van der Waals surface area contributed by atoms with Crippen molar-refractivity contribution in [3.63, 3.8) is 0 Å². The Morgan fingerprint density at radius 2 is 2.05 bits per heavy atom. The zero-order valence-corrected chi connectivity index (χ0v) is 13.4. The van der Waals surface area contributed by atoms with Gasteiger partial charge in [-0.2, -0.15) is 0 Å². The Bertz CT molecular complexity index is 790. The zero-order chi connectivity index (χ0) is 15.5. The van der Waals surface area contributed by atoms with Crippen LogP contribution in [0.1, 0.15) is 27.9 Å². The van der Waals surface area contributed by atoms with Gasteiger partial charge >= 0.3 is 0 Å². The molecule has 5 heteroatoms. The van der Waals surface area contributed by atoms with Gasteiger partial charge in [0.15, 0.2) is 5.13 Å². The van der Waals surface area contributed by atoms with Crippen LogP contribution in [-0.2, 0) is 6.42 Å². The normalized spacial score (nSPS) is 10.6. The van der Waals surface area contributed by atoms with E-state index in [4.69, 9.17) is 0 Å². The van der Waals surface area contributed by atoms with E-state index in [9.17, 15) is 4.79 Å². The molecule has 1 N–H and O–H groups in total. The van der Waals surface area contributed by atoms with Crippen LogP contribution in [0.3, 0.4) is 0 Å². The van der Waals surface area contributed by atoms with E-state index in [0.717, 1.165) is 27.7 Å². The van der Waals surface area contributed by atoms with Crippen molar-refractivity contribution in [2.24, 2.45) is 0 Å². The molecule has 0 bridgehead atoms. The Labute approximate surface area is 133 Å². The molecule has 112 valence electrons. The molecule has 22 heavy (non-hydrogen) atoms. The zero-order valence-electron chi connectivity index (χ0n) is 12.5. The third kappa shape index (κ3) is 2.94. The number of rotatable bonds is 4. The third-order valence-corrected chi connectivity index (χ3v) is 4.54. The van der Waals surface area contributed by atoms with Crippen molar-refractivity contribution in [3.05, 3.63) is 64.9 Å². The Kier molecular flexibility index (Phi) is 4.06. The van der Waals surface area contributed by atoms with Gasteiger partial charge in [-0.25, -0.2) is 4.98 Å². The predicted octanol–water partition coefficient (Wildman–Crippen LogP) is 4.06. The monoisotopic (exact) mass is 311 g/mol. The highest BCUT2D eigenvalue weighted by molar-refractivity contribution is 7.14. The molecule has 2 aromatic heterocycles. The fourth-order valence-corrected chi connectivity index (χ4v) is 3.21. The Morgan fingerprint density at radius 1 is 1.27 bits per heavy atom. The first-order valence-corrected chi connectivity index (χ1v) is 8.00. The standard InChI is InChI=1S/C17H17N3OS/c1-3-14-15(19-17(22-14)20-9-4-5-10-20)16(21)18-13-8-6-7-12(2)11-13/h4-11H,3H2,1-2H3,(H,18,21). The second-order valence-electron chi connectivity index (χ2n) is 5.04. The molecule has 0 fully saturated rings. The largest absolute Gasteiger partial charge is 0.321 e. The van der Waals surface area contributed by atoms with Gasteiger partial charge in [0.1, 0.15) is 5.69 Å². The minimum atomic E-state index is -0.155. The maximum Gasteiger partial charge on any atom is 0.275 e. The van der Waals surface area contributed by atoms with Crippen molar-refractivity contribution < 1.29 is 4.79 Å². The van der Waals surface area contributed by atoms with E-state index in [-0.39, 0.29) is 5.91 Å².